The van der Waals surface area contributed by atoms with Crippen molar-refractivity contribution in [2.45, 2.75) is 0 Å². The molecule has 0 heterocycles. The van der Waals surface area contributed by atoms with Gasteiger partial charge in [-0.15, -0.1) is 0 Å². The number of hydrogen-bond donors (Lipinski definition) is 0. The second-order valence-electron chi connectivity index (χ2n) is 3.45. The Balaban J connectivity index is 2.30. The molecule has 0 atom stereocenters. The van der Waals surface area contributed by atoms with Gasteiger partial charge in [-0.2, -0.15) is 0 Å². The van der Waals surface area contributed by atoms with E-state index in [0.717, 1.165) is 16.7 Å². The van der Waals surface area contributed by atoms with Gasteiger partial charge < -0.3 is 0 Å². The Morgan fingerprint density at radius 1 is 1.00 bits per heavy atom. The van der Waals surface area contributed by atoms with E-state index in [2.05, 4.69) is 12.1 Å². The van der Waals surface area contributed by atoms with Crippen molar-refractivity contribution in [3.63, 3.8) is 0 Å². The summed E-state index contributed by atoms with van der Waals surface area (Å²) < 4.78 is 0. The molecule has 0 spiro atoms. The van der Waals surface area contributed by atoms with Gasteiger partial charge in [-0.3, -0.25) is 4.79 Å². The van der Waals surface area contributed by atoms with Crippen molar-refractivity contribution in [3.8, 4) is 0 Å². The lowest BCUT2D eigenvalue weighted by Crippen LogP contribution is -2.12. The van der Waals surface area contributed by atoms with Gasteiger partial charge in [-0.25, -0.2) is 0 Å². The molecule has 0 saturated carbocycles. The van der Waals surface area contributed by atoms with Crippen LogP contribution in [0.4, 0.5) is 0 Å². The number of benzene rings is 1. The highest BCUT2D eigenvalue weighted by atomic mass is 16.1. The first-order valence-electron chi connectivity index (χ1n) is 4.60. The second-order valence-corrected chi connectivity index (χ2v) is 3.45. The number of fused-ring (bicyclic) bond motifs is 3. The Hall–Kier alpha value is -1.89. The summed E-state index contributed by atoms with van der Waals surface area (Å²) in [6, 6.07) is 8.12. The molecule has 0 N–H and O–H groups in total. The van der Waals surface area contributed by atoms with Gasteiger partial charge in [0.25, 0.3) is 0 Å². The maximum absolute atomic E-state index is 11.2. The minimum absolute atomic E-state index is 0.140. The van der Waals surface area contributed by atoms with E-state index < -0.39 is 0 Å². The van der Waals surface area contributed by atoms with E-state index in [4.69, 9.17) is 0 Å². The minimum Gasteiger partial charge on any atom is -0.289 e. The van der Waals surface area contributed by atoms with E-state index in [0.29, 0.717) is 0 Å². The highest BCUT2D eigenvalue weighted by Crippen LogP contribution is 2.36. The predicted octanol–water partition coefficient (Wildman–Crippen LogP) is 2.61. The molecule has 1 heteroatoms. The van der Waals surface area contributed by atoms with Crippen LogP contribution in [-0.4, -0.2) is 5.78 Å². The van der Waals surface area contributed by atoms with Crippen molar-refractivity contribution >= 4 is 17.4 Å². The summed E-state index contributed by atoms with van der Waals surface area (Å²) >= 11 is 0. The zero-order valence-electron chi connectivity index (χ0n) is 7.53. The second kappa shape index (κ2) is 2.55. The molecule has 3 rings (SSSR count). The molecular weight excluding hydrogens is 172 g/mol. The van der Waals surface area contributed by atoms with Crippen LogP contribution in [0.3, 0.4) is 0 Å². The first kappa shape index (κ1) is 7.51. The zero-order valence-corrected chi connectivity index (χ0v) is 7.53. The molecule has 0 amide bonds. The number of carbonyl (C=O) groups is 1. The summed E-state index contributed by atoms with van der Waals surface area (Å²) in [4.78, 5) is 11.2. The van der Waals surface area contributed by atoms with E-state index in [1.54, 1.807) is 6.08 Å². The van der Waals surface area contributed by atoms with Gasteiger partial charge in [0.15, 0.2) is 5.78 Å². The predicted molar refractivity (Wildman–Crippen MR) is 56.5 cm³/mol. The molecule has 0 unspecified atom stereocenters. The van der Waals surface area contributed by atoms with Crippen LogP contribution >= 0.6 is 0 Å². The van der Waals surface area contributed by atoms with Gasteiger partial charge in [-0.1, -0.05) is 42.5 Å². The van der Waals surface area contributed by atoms with Crippen molar-refractivity contribution in [3.05, 3.63) is 59.2 Å². The standard InChI is InChI=1S/C13H8O/c14-13-8-12-10-6-2-1-4-9(10)5-3-7-11(12)13/h1-8H. The maximum Gasteiger partial charge on any atom is 0.187 e. The molecule has 14 heavy (non-hydrogen) atoms. The van der Waals surface area contributed by atoms with Gasteiger partial charge in [0.2, 0.25) is 0 Å². The van der Waals surface area contributed by atoms with Crippen LogP contribution in [0, 0.1) is 0 Å². The number of carbonyl (C=O) groups excluding carboxylic acids is 1. The summed E-state index contributed by atoms with van der Waals surface area (Å²) in [5, 5.41) is 0. The summed E-state index contributed by atoms with van der Waals surface area (Å²) in [5.41, 5.74) is 4.26. The van der Waals surface area contributed by atoms with Crippen molar-refractivity contribution < 1.29 is 4.79 Å². The smallest absolute Gasteiger partial charge is 0.187 e. The van der Waals surface area contributed by atoms with Crippen molar-refractivity contribution in [1.82, 2.24) is 0 Å². The third-order valence-corrected chi connectivity index (χ3v) is 2.62. The first-order chi connectivity index (χ1) is 6.86. The fourth-order valence-electron chi connectivity index (χ4n) is 1.87. The molecule has 0 aliphatic heterocycles. The summed E-state index contributed by atoms with van der Waals surface area (Å²) in [7, 11) is 0. The van der Waals surface area contributed by atoms with E-state index >= 15 is 0 Å². The maximum atomic E-state index is 11.2. The first-order valence-corrected chi connectivity index (χ1v) is 4.60. The van der Waals surface area contributed by atoms with Crippen LogP contribution < -0.4 is 0 Å². The molecule has 1 nitrogen and oxygen atoms in total. The van der Waals surface area contributed by atoms with Gasteiger partial charge >= 0.3 is 0 Å². The number of hydrogen-bond acceptors (Lipinski definition) is 1. The average Bonchev–Trinajstić information content (AvgIpc) is 2.35. The van der Waals surface area contributed by atoms with E-state index in [-0.39, 0.29) is 5.78 Å². The summed E-state index contributed by atoms with van der Waals surface area (Å²) in [6.07, 6.45) is 7.57. The third-order valence-electron chi connectivity index (χ3n) is 2.62. The van der Waals surface area contributed by atoms with Crippen LogP contribution in [-0.2, 0) is 4.79 Å². The van der Waals surface area contributed by atoms with Crippen molar-refractivity contribution in [2.24, 2.45) is 0 Å². The van der Waals surface area contributed by atoms with Gasteiger partial charge in [0.1, 0.15) is 0 Å². The van der Waals surface area contributed by atoms with Crippen LogP contribution in [0.25, 0.3) is 11.6 Å². The van der Waals surface area contributed by atoms with E-state index in [1.165, 1.54) is 5.56 Å². The summed E-state index contributed by atoms with van der Waals surface area (Å²) in [5.74, 6) is 0.140. The molecule has 0 aromatic heterocycles. The molecule has 1 aromatic carbocycles. The molecule has 66 valence electrons. The number of allylic oxidation sites excluding steroid dienone is 5. The Labute approximate surface area is 82.1 Å². The molecule has 0 fully saturated rings. The molecule has 0 radical (unpaired) electrons. The van der Waals surface area contributed by atoms with E-state index in [1.807, 2.05) is 30.4 Å². The van der Waals surface area contributed by atoms with Crippen molar-refractivity contribution in [1.29, 1.82) is 0 Å². The SMILES string of the molecule is O=C1C=C2C1=CC=Cc1ccccc12. The topological polar surface area (TPSA) is 17.1 Å². The number of ketones is 1. The highest BCUT2D eigenvalue weighted by Gasteiger charge is 2.25. The lowest BCUT2D eigenvalue weighted by Gasteiger charge is -2.18. The van der Waals surface area contributed by atoms with Crippen LogP contribution in [0.1, 0.15) is 11.1 Å². The van der Waals surface area contributed by atoms with Gasteiger partial charge in [0, 0.05) is 5.57 Å². The quantitative estimate of drug-likeness (QED) is 0.599. The fraction of sp³-hybridized carbons (Fsp3) is 0. The Morgan fingerprint density at radius 2 is 1.86 bits per heavy atom. The highest BCUT2D eigenvalue weighted by molar-refractivity contribution is 6.29. The molecular formula is C13H8O. The molecule has 2 aliphatic rings. The normalized spacial score (nSPS) is 17.3. The van der Waals surface area contributed by atoms with Crippen molar-refractivity contribution in [2.75, 3.05) is 0 Å². The largest absolute Gasteiger partial charge is 0.289 e. The Bertz CT molecular complexity index is 516. The van der Waals surface area contributed by atoms with E-state index in [9.17, 15) is 4.79 Å². The van der Waals surface area contributed by atoms with Crippen LogP contribution in [0.5, 0.6) is 0 Å². The number of rotatable bonds is 0. The fourth-order valence-corrected chi connectivity index (χ4v) is 1.87. The third kappa shape index (κ3) is 0.867. The summed E-state index contributed by atoms with van der Waals surface area (Å²) in [6.45, 7) is 0. The molecule has 1 aromatic rings. The monoisotopic (exact) mass is 180 g/mol. The minimum atomic E-state index is 0.140. The average molecular weight is 180 g/mol. The van der Waals surface area contributed by atoms with Crippen LogP contribution in [0.15, 0.2) is 48.1 Å². The lowest BCUT2D eigenvalue weighted by atomic mass is 9.84. The molecule has 2 aliphatic carbocycles. The molecule has 0 saturated heterocycles. The van der Waals surface area contributed by atoms with Crippen LogP contribution in [0.2, 0.25) is 0 Å². The zero-order chi connectivity index (χ0) is 9.54. The van der Waals surface area contributed by atoms with Gasteiger partial charge in [-0.05, 0) is 22.8 Å². The lowest BCUT2D eigenvalue weighted by molar-refractivity contribution is -0.111. The Kier molecular flexibility index (Phi) is 1.37. The Morgan fingerprint density at radius 3 is 2.71 bits per heavy atom. The van der Waals surface area contributed by atoms with Gasteiger partial charge in [0.05, 0.1) is 0 Å². The molecule has 0 bridgehead atoms.